The van der Waals surface area contributed by atoms with Gasteiger partial charge in [0.05, 0.1) is 5.69 Å². The molecule has 0 saturated heterocycles. The lowest BCUT2D eigenvalue weighted by Crippen LogP contribution is -2.06. The lowest BCUT2D eigenvalue weighted by atomic mass is 10.1. The molecule has 1 heterocycles. The molecule has 3 heteroatoms. The highest BCUT2D eigenvalue weighted by atomic mass is 15.0. The Morgan fingerprint density at radius 3 is 2.47 bits per heavy atom. The van der Waals surface area contributed by atoms with Crippen molar-refractivity contribution in [2.75, 3.05) is 11.9 Å². The van der Waals surface area contributed by atoms with Crippen LogP contribution in [-0.2, 0) is 0 Å². The van der Waals surface area contributed by atoms with Crippen molar-refractivity contribution in [3.05, 3.63) is 42.2 Å². The van der Waals surface area contributed by atoms with Crippen LogP contribution in [0.25, 0.3) is 11.3 Å². The Morgan fingerprint density at radius 2 is 1.84 bits per heavy atom. The van der Waals surface area contributed by atoms with Gasteiger partial charge in [0.25, 0.3) is 0 Å². The fourth-order valence-corrected chi connectivity index (χ4v) is 1.90. The molecule has 0 amide bonds. The Balaban J connectivity index is 2.45. The highest BCUT2D eigenvalue weighted by molar-refractivity contribution is 5.62. The first-order valence-corrected chi connectivity index (χ1v) is 6.92. The smallest absolute Gasteiger partial charge is 0.134 e. The summed E-state index contributed by atoms with van der Waals surface area (Å²) < 4.78 is 0. The highest BCUT2D eigenvalue weighted by Crippen LogP contribution is 2.23. The van der Waals surface area contributed by atoms with Gasteiger partial charge in [0.15, 0.2) is 0 Å². The second kappa shape index (κ2) is 6.32. The van der Waals surface area contributed by atoms with Crippen LogP contribution in [0.3, 0.4) is 0 Å². The molecule has 2 rings (SSSR count). The third-order valence-electron chi connectivity index (χ3n) is 3.22. The van der Waals surface area contributed by atoms with Crippen molar-refractivity contribution >= 4 is 5.82 Å². The standard InChI is InChI=1S/C16H21N3/c1-4-12(3)16-18-14(11-15(19-16)17-5-2)13-9-7-6-8-10-13/h6-12H,4-5H2,1-3H3,(H,17,18,19). The van der Waals surface area contributed by atoms with Gasteiger partial charge >= 0.3 is 0 Å². The van der Waals surface area contributed by atoms with Gasteiger partial charge in [-0.05, 0) is 13.3 Å². The lowest BCUT2D eigenvalue weighted by molar-refractivity contribution is 0.680. The normalized spacial score (nSPS) is 12.2. The predicted octanol–water partition coefficient (Wildman–Crippen LogP) is 4.09. The number of hydrogen-bond acceptors (Lipinski definition) is 3. The summed E-state index contributed by atoms with van der Waals surface area (Å²) in [5, 5.41) is 3.29. The average molecular weight is 255 g/mol. The monoisotopic (exact) mass is 255 g/mol. The van der Waals surface area contributed by atoms with Crippen molar-refractivity contribution < 1.29 is 0 Å². The van der Waals surface area contributed by atoms with Gasteiger partial charge < -0.3 is 5.32 Å². The summed E-state index contributed by atoms with van der Waals surface area (Å²) in [6.45, 7) is 7.27. The van der Waals surface area contributed by atoms with E-state index in [2.05, 4.69) is 43.2 Å². The van der Waals surface area contributed by atoms with E-state index >= 15 is 0 Å². The molecule has 1 unspecified atom stereocenters. The second-order valence-electron chi connectivity index (χ2n) is 4.70. The molecule has 0 aliphatic heterocycles. The molecule has 0 aliphatic rings. The molecule has 0 fully saturated rings. The molecule has 1 N–H and O–H groups in total. The van der Waals surface area contributed by atoms with Crippen molar-refractivity contribution in [1.82, 2.24) is 9.97 Å². The minimum atomic E-state index is 0.376. The minimum absolute atomic E-state index is 0.376. The summed E-state index contributed by atoms with van der Waals surface area (Å²) in [4.78, 5) is 9.30. The Hall–Kier alpha value is -1.90. The summed E-state index contributed by atoms with van der Waals surface area (Å²) >= 11 is 0. The number of hydrogen-bond donors (Lipinski definition) is 1. The third-order valence-corrected chi connectivity index (χ3v) is 3.22. The maximum atomic E-state index is 4.71. The largest absolute Gasteiger partial charge is 0.370 e. The van der Waals surface area contributed by atoms with Crippen molar-refractivity contribution in [3.8, 4) is 11.3 Å². The minimum Gasteiger partial charge on any atom is -0.370 e. The average Bonchev–Trinajstić information content (AvgIpc) is 2.47. The number of aromatic nitrogens is 2. The van der Waals surface area contributed by atoms with Crippen molar-refractivity contribution in [2.45, 2.75) is 33.1 Å². The molecule has 1 aromatic carbocycles. The molecule has 3 nitrogen and oxygen atoms in total. The van der Waals surface area contributed by atoms with E-state index in [4.69, 9.17) is 4.98 Å². The van der Waals surface area contributed by atoms with Gasteiger partial charge in [-0.1, -0.05) is 44.2 Å². The summed E-state index contributed by atoms with van der Waals surface area (Å²) in [5.74, 6) is 2.20. The van der Waals surface area contributed by atoms with E-state index < -0.39 is 0 Å². The van der Waals surface area contributed by atoms with Crippen LogP contribution in [-0.4, -0.2) is 16.5 Å². The number of benzene rings is 1. The van der Waals surface area contributed by atoms with Gasteiger partial charge in [0, 0.05) is 24.1 Å². The highest BCUT2D eigenvalue weighted by Gasteiger charge is 2.11. The van der Waals surface area contributed by atoms with Crippen LogP contribution in [0.2, 0.25) is 0 Å². The maximum Gasteiger partial charge on any atom is 0.134 e. The first kappa shape index (κ1) is 13.5. The fraction of sp³-hybridized carbons (Fsp3) is 0.375. The number of nitrogens with one attached hydrogen (secondary N) is 1. The van der Waals surface area contributed by atoms with Crippen molar-refractivity contribution in [3.63, 3.8) is 0 Å². The van der Waals surface area contributed by atoms with Gasteiger partial charge in [-0.25, -0.2) is 9.97 Å². The van der Waals surface area contributed by atoms with E-state index in [1.807, 2.05) is 24.3 Å². The van der Waals surface area contributed by atoms with Gasteiger partial charge in [-0.3, -0.25) is 0 Å². The van der Waals surface area contributed by atoms with E-state index in [1.54, 1.807) is 0 Å². The van der Waals surface area contributed by atoms with Crippen LogP contribution in [0.5, 0.6) is 0 Å². The lowest BCUT2D eigenvalue weighted by Gasteiger charge is -2.12. The zero-order chi connectivity index (χ0) is 13.7. The Labute approximate surface area is 115 Å². The first-order valence-electron chi connectivity index (χ1n) is 6.92. The quantitative estimate of drug-likeness (QED) is 0.874. The molecule has 2 aromatic rings. The zero-order valence-corrected chi connectivity index (χ0v) is 11.9. The van der Waals surface area contributed by atoms with Crippen LogP contribution in [0, 0.1) is 0 Å². The molecule has 0 aliphatic carbocycles. The van der Waals surface area contributed by atoms with Crippen LogP contribution in [0.1, 0.15) is 38.9 Å². The summed E-state index contributed by atoms with van der Waals surface area (Å²) in [5.41, 5.74) is 2.12. The molecule has 100 valence electrons. The van der Waals surface area contributed by atoms with Gasteiger partial charge in [0.1, 0.15) is 11.6 Å². The number of anilines is 1. The van der Waals surface area contributed by atoms with Crippen molar-refractivity contribution in [1.29, 1.82) is 0 Å². The van der Waals surface area contributed by atoms with Crippen LogP contribution in [0.15, 0.2) is 36.4 Å². The van der Waals surface area contributed by atoms with Crippen LogP contribution < -0.4 is 5.32 Å². The molecular weight excluding hydrogens is 234 g/mol. The molecule has 19 heavy (non-hydrogen) atoms. The Morgan fingerprint density at radius 1 is 1.11 bits per heavy atom. The van der Waals surface area contributed by atoms with Crippen LogP contribution in [0.4, 0.5) is 5.82 Å². The van der Waals surface area contributed by atoms with E-state index in [-0.39, 0.29) is 0 Å². The Bertz CT molecular complexity index is 523. The summed E-state index contributed by atoms with van der Waals surface area (Å²) in [6, 6.07) is 12.3. The van der Waals surface area contributed by atoms with Crippen LogP contribution >= 0.6 is 0 Å². The molecule has 0 spiro atoms. The Kier molecular flexibility index (Phi) is 4.50. The maximum absolute atomic E-state index is 4.71. The number of nitrogens with zero attached hydrogens (tertiary/aromatic N) is 2. The second-order valence-corrected chi connectivity index (χ2v) is 4.70. The predicted molar refractivity (Wildman–Crippen MR) is 80.3 cm³/mol. The van der Waals surface area contributed by atoms with E-state index in [0.717, 1.165) is 35.9 Å². The number of rotatable bonds is 5. The van der Waals surface area contributed by atoms with E-state index in [9.17, 15) is 0 Å². The summed E-state index contributed by atoms with van der Waals surface area (Å²) in [6.07, 6.45) is 1.05. The molecular formula is C16H21N3. The zero-order valence-electron chi connectivity index (χ0n) is 11.9. The van der Waals surface area contributed by atoms with Gasteiger partial charge in [0.2, 0.25) is 0 Å². The van der Waals surface area contributed by atoms with E-state index in [1.165, 1.54) is 0 Å². The first-order chi connectivity index (χ1) is 9.24. The fourth-order valence-electron chi connectivity index (χ4n) is 1.90. The van der Waals surface area contributed by atoms with Crippen molar-refractivity contribution in [2.24, 2.45) is 0 Å². The third kappa shape index (κ3) is 3.31. The molecule has 0 saturated carbocycles. The van der Waals surface area contributed by atoms with Gasteiger partial charge in [-0.15, -0.1) is 0 Å². The SMILES string of the molecule is CCNc1cc(-c2ccccc2)nc(C(C)CC)n1. The topological polar surface area (TPSA) is 37.8 Å². The van der Waals surface area contributed by atoms with E-state index in [0.29, 0.717) is 5.92 Å². The molecule has 0 bridgehead atoms. The molecule has 1 atom stereocenters. The summed E-state index contributed by atoms with van der Waals surface area (Å²) in [7, 11) is 0. The molecule has 0 radical (unpaired) electrons. The molecule has 1 aromatic heterocycles. The van der Waals surface area contributed by atoms with Gasteiger partial charge in [-0.2, -0.15) is 0 Å².